The van der Waals surface area contributed by atoms with Gasteiger partial charge in [0.15, 0.2) is 11.9 Å². The van der Waals surface area contributed by atoms with Gasteiger partial charge >= 0.3 is 11.9 Å². The molecular weight excluding hydrogens is 1020 g/mol. The number of likely N-dealkylation sites (tertiary alicyclic amines) is 1. The predicted octanol–water partition coefficient (Wildman–Crippen LogP) is 2.52. The third kappa shape index (κ3) is 16.8. The number of rotatable bonds is 15. The molecule has 12 atom stereocenters. The van der Waals surface area contributed by atoms with Crippen molar-refractivity contribution >= 4 is 64.9 Å². The Hall–Kier alpha value is -6.45. The first kappa shape index (κ1) is 65.1. The number of carbonyl (C=O) groups is 11. The van der Waals surface area contributed by atoms with Gasteiger partial charge < -0.3 is 54.9 Å². The van der Waals surface area contributed by atoms with Crippen LogP contribution in [0.3, 0.4) is 0 Å². The van der Waals surface area contributed by atoms with Crippen LogP contribution in [0, 0.1) is 29.6 Å². The van der Waals surface area contributed by atoms with Gasteiger partial charge in [0.05, 0.1) is 31.6 Å². The van der Waals surface area contributed by atoms with Crippen LogP contribution in [0.25, 0.3) is 0 Å². The van der Waals surface area contributed by atoms with E-state index in [1.54, 1.807) is 52.0 Å². The van der Waals surface area contributed by atoms with Gasteiger partial charge in [0.2, 0.25) is 41.2 Å². The highest BCUT2D eigenvalue weighted by Gasteiger charge is 2.46. The van der Waals surface area contributed by atoms with Gasteiger partial charge in [0.25, 0.3) is 5.91 Å². The average molecular weight is 1110 g/mol. The van der Waals surface area contributed by atoms with Crippen LogP contribution >= 0.6 is 0 Å². The van der Waals surface area contributed by atoms with E-state index < -0.39 is 150 Å². The molecule has 3 saturated heterocycles. The van der Waals surface area contributed by atoms with E-state index in [0.29, 0.717) is 30.6 Å². The molecule has 0 radical (unpaired) electrons. The normalized spacial score (nSPS) is 27.2. The number of likely N-dealkylation sites (N-methyl/N-ethyl adjacent to an activating group) is 2. The molecule has 0 unspecified atom stereocenters. The van der Waals surface area contributed by atoms with Gasteiger partial charge in [-0.25, -0.2) is 4.79 Å². The Bertz CT molecular complexity index is 2380. The standard InChI is InChI=1S/C57H87N7O15/c1-15-33(8)46-44(66)29-45(67)79-49(32(6)7)48(68)34(9)50(69)58-39(26-30(2)3)54(73)64-25-17-19-41(64)56(75)62(13)43(28-37-20-22-38(77-14)23-21-37)57(76)78-36(11)47(52(71)59-46)60-51(70)42(27-31(4)5)61(12)55(74)40-18-16-24-63(40)53(72)35(10)65/h20-23,30-34,36,39-44,46-47,49,66H,15-19,24-29H2,1-14H3,(H,58,69)(H,59,71)(H,60,70)/t33-,34-,36+,39-,40-,41-,42+,43-,44-,46-,47-,49-/m0/s1. The maximum absolute atomic E-state index is 15.0. The molecule has 22 nitrogen and oxygen atoms in total. The summed E-state index contributed by atoms with van der Waals surface area (Å²) in [6, 6.07) is -2.32. The van der Waals surface area contributed by atoms with E-state index in [2.05, 4.69) is 16.0 Å². The number of aliphatic hydroxyl groups excluding tert-OH is 1. The molecule has 0 spiro atoms. The fraction of sp³-hybridized carbons (Fsp3) is 0.702. The number of hydrogen-bond acceptors (Lipinski definition) is 15. The fourth-order valence-electron chi connectivity index (χ4n) is 10.5. The average Bonchev–Trinajstić information content (AvgIpc) is 4.13. The maximum Gasteiger partial charge on any atom is 0.329 e. The van der Waals surface area contributed by atoms with Gasteiger partial charge in [-0.2, -0.15) is 0 Å². The number of benzene rings is 1. The molecule has 3 fully saturated rings. The summed E-state index contributed by atoms with van der Waals surface area (Å²) in [4.78, 5) is 160. The molecule has 1 aromatic carbocycles. The highest BCUT2D eigenvalue weighted by atomic mass is 16.6. The number of methoxy groups -OCH3 is 1. The Morgan fingerprint density at radius 3 is 2.06 bits per heavy atom. The van der Waals surface area contributed by atoms with Crippen molar-refractivity contribution in [2.45, 2.75) is 195 Å². The summed E-state index contributed by atoms with van der Waals surface area (Å²) >= 11 is 0. The van der Waals surface area contributed by atoms with Crippen molar-refractivity contribution in [2.24, 2.45) is 29.6 Å². The van der Waals surface area contributed by atoms with E-state index in [-0.39, 0.29) is 57.0 Å². The number of nitrogens with one attached hydrogen (secondary N) is 3. The number of fused-ring (bicyclic) bond motifs is 1. The zero-order chi connectivity index (χ0) is 59.3. The topological polar surface area (TPSA) is 285 Å². The van der Waals surface area contributed by atoms with Crippen LogP contribution in [0.15, 0.2) is 24.3 Å². The quantitative estimate of drug-likeness (QED) is 0.112. The van der Waals surface area contributed by atoms with Crippen molar-refractivity contribution in [1.82, 2.24) is 35.6 Å². The Morgan fingerprint density at radius 1 is 0.861 bits per heavy atom. The molecule has 4 rings (SSSR count). The van der Waals surface area contributed by atoms with Crippen LogP contribution in [-0.4, -0.2) is 184 Å². The molecule has 7 amide bonds. The molecular formula is C57H87N7O15. The van der Waals surface area contributed by atoms with E-state index >= 15 is 0 Å². The number of aliphatic hydroxyl groups is 1. The second-order valence-corrected chi connectivity index (χ2v) is 22.8. The molecule has 79 heavy (non-hydrogen) atoms. The van der Waals surface area contributed by atoms with Crippen molar-refractivity contribution < 1.29 is 72.1 Å². The van der Waals surface area contributed by atoms with Crippen molar-refractivity contribution in [3.05, 3.63) is 29.8 Å². The van der Waals surface area contributed by atoms with Gasteiger partial charge in [-0.1, -0.05) is 73.9 Å². The predicted molar refractivity (Wildman–Crippen MR) is 289 cm³/mol. The molecule has 1 aromatic rings. The largest absolute Gasteiger partial charge is 0.497 e. The number of nitrogens with zero attached hydrogens (tertiary/aromatic N) is 4. The van der Waals surface area contributed by atoms with E-state index in [0.717, 1.165) is 6.92 Å². The minimum Gasteiger partial charge on any atom is -0.497 e. The van der Waals surface area contributed by atoms with Crippen molar-refractivity contribution in [1.29, 1.82) is 0 Å². The lowest BCUT2D eigenvalue weighted by Gasteiger charge is -2.36. The number of cyclic esters (lactones) is 2. The van der Waals surface area contributed by atoms with E-state index in [1.165, 1.54) is 54.7 Å². The lowest BCUT2D eigenvalue weighted by molar-refractivity contribution is -0.163. The molecule has 0 bridgehead atoms. The number of hydrogen-bond donors (Lipinski definition) is 4. The second kappa shape index (κ2) is 29.1. The number of ketones is 2. The summed E-state index contributed by atoms with van der Waals surface area (Å²) in [5, 5.41) is 20.1. The number of carbonyl (C=O) groups excluding carboxylic acids is 11. The fourth-order valence-corrected chi connectivity index (χ4v) is 10.5. The van der Waals surface area contributed by atoms with Gasteiger partial charge in [-0.15, -0.1) is 0 Å². The van der Waals surface area contributed by atoms with Crippen molar-refractivity contribution in [2.75, 3.05) is 34.3 Å². The van der Waals surface area contributed by atoms with Crippen LogP contribution in [0.5, 0.6) is 5.75 Å². The Labute approximate surface area is 465 Å². The van der Waals surface area contributed by atoms with Gasteiger partial charge in [-0.05, 0) is 93.7 Å². The highest BCUT2D eigenvalue weighted by molar-refractivity contribution is 6.35. The summed E-state index contributed by atoms with van der Waals surface area (Å²) in [5.41, 5.74) is 0.566. The molecule has 22 heteroatoms. The first-order valence-corrected chi connectivity index (χ1v) is 27.9. The smallest absolute Gasteiger partial charge is 0.329 e. The van der Waals surface area contributed by atoms with Gasteiger partial charge in [0, 0.05) is 40.5 Å². The minimum absolute atomic E-state index is 0.0545. The lowest BCUT2D eigenvalue weighted by Crippen LogP contribution is -2.62. The molecule has 440 valence electrons. The SMILES string of the molecule is CC[C@H](C)[C@@H]1NC(=O)[C@@H](NC(=O)[C@@H](CC(C)C)N(C)C(=O)[C@@H]2CCCN2C(=O)C(C)=O)[C@@H](C)OC(=O)[C@H](Cc2ccc(OC)cc2)N(C)C(=O)[C@@H]2CCCN2C(=O)[C@H](CC(C)C)NC(=O)[C@@H](C)C(=O)[C@H](C(C)C)OC(=O)C[C@@H]1O. The van der Waals surface area contributed by atoms with Crippen LogP contribution in [0.2, 0.25) is 0 Å². The van der Waals surface area contributed by atoms with E-state index in [1.807, 2.05) is 27.7 Å². The Balaban J connectivity index is 1.89. The first-order chi connectivity index (χ1) is 37.0. The number of Topliss-reactive ketones (excluding diaryl/α,β-unsaturated/α-hetero) is 2. The summed E-state index contributed by atoms with van der Waals surface area (Å²) in [6.07, 6.45) is -3.76. The highest BCUT2D eigenvalue weighted by Crippen LogP contribution is 2.27. The molecule has 4 N–H and O–H groups in total. The minimum atomic E-state index is -1.78. The van der Waals surface area contributed by atoms with Crippen molar-refractivity contribution in [3.8, 4) is 5.75 Å². The molecule has 0 aromatic heterocycles. The summed E-state index contributed by atoms with van der Waals surface area (Å²) in [5.74, 6) is -11.3. The van der Waals surface area contributed by atoms with Crippen LogP contribution in [-0.2, 0) is 68.6 Å². The first-order valence-electron chi connectivity index (χ1n) is 27.9. The Morgan fingerprint density at radius 2 is 1.49 bits per heavy atom. The van der Waals surface area contributed by atoms with Gasteiger partial charge in [0.1, 0.15) is 48.1 Å². The van der Waals surface area contributed by atoms with Gasteiger partial charge in [-0.3, -0.25) is 47.9 Å². The summed E-state index contributed by atoms with van der Waals surface area (Å²) in [6.45, 7) is 18.1. The monoisotopic (exact) mass is 1110 g/mol. The summed E-state index contributed by atoms with van der Waals surface area (Å²) in [7, 11) is 4.26. The van der Waals surface area contributed by atoms with Crippen LogP contribution < -0.4 is 20.7 Å². The molecule has 3 heterocycles. The third-order valence-electron chi connectivity index (χ3n) is 15.4. The van der Waals surface area contributed by atoms with E-state index in [4.69, 9.17) is 14.2 Å². The van der Waals surface area contributed by atoms with E-state index in [9.17, 15) is 57.8 Å². The molecule has 0 saturated carbocycles. The number of ether oxygens (including phenoxy) is 3. The zero-order valence-electron chi connectivity index (χ0n) is 48.7. The second-order valence-electron chi connectivity index (χ2n) is 22.8. The zero-order valence-corrected chi connectivity index (χ0v) is 48.7. The summed E-state index contributed by atoms with van der Waals surface area (Å²) < 4.78 is 17.2. The maximum atomic E-state index is 15.0. The Kier molecular flexibility index (Phi) is 24.0. The van der Waals surface area contributed by atoms with Crippen molar-refractivity contribution in [3.63, 3.8) is 0 Å². The molecule has 3 aliphatic heterocycles. The number of amides is 7. The van der Waals surface area contributed by atoms with Crippen LogP contribution in [0.1, 0.15) is 133 Å². The third-order valence-corrected chi connectivity index (χ3v) is 15.4. The molecule has 0 aliphatic carbocycles. The molecule has 3 aliphatic rings. The van der Waals surface area contributed by atoms with Crippen LogP contribution in [0.4, 0.5) is 0 Å². The number of esters is 2. The lowest BCUT2D eigenvalue weighted by atomic mass is 9.91.